The van der Waals surface area contributed by atoms with E-state index in [1.165, 1.54) is 25.7 Å². The average Bonchev–Trinajstić information content (AvgIpc) is 2.77. The molecule has 2 fully saturated rings. The molecule has 2 aliphatic rings. The molecule has 2 aliphatic carbocycles. The average molecular weight is 246 g/mol. The van der Waals surface area contributed by atoms with Gasteiger partial charge in [0.25, 0.3) is 0 Å². The zero-order chi connectivity index (χ0) is 12.6. The summed E-state index contributed by atoms with van der Waals surface area (Å²) in [5.41, 5.74) is -0.573. The first-order chi connectivity index (χ1) is 7.86. The van der Waals surface area contributed by atoms with E-state index in [1.54, 1.807) is 11.9 Å². The Morgan fingerprint density at radius 2 is 2.00 bits per heavy atom. The summed E-state index contributed by atoms with van der Waals surface area (Å²) in [6, 6.07) is 0. The maximum atomic E-state index is 12.4. The minimum atomic E-state index is -4.87. The van der Waals surface area contributed by atoms with Crippen LogP contribution in [0.2, 0.25) is 0 Å². The molecule has 0 aromatic rings. The molecule has 3 unspecified atom stereocenters. The number of hydrogen-bond donors (Lipinski definition) is 0. The summed E-state index contributed by atoms with van der Waals surface area (Å²) >= 11 is 0. The van der Waals surface area contributed by atoms with Gasteiger partial charge < -0.3 is 17.8 Å². The zero-order valence-electron chi connectivity index (χ0n) is 10.3. The molecule has 17 heavy (non-hydrogen) atoms. The monoisotopic (exact) mass is 246 g/mol. The fraction of sp³-hybridized carbons (Fsp3) is 0.833. The van der Waals surface area contributed by atoms with E-state index in [0.717, 1.165) is 18.4 Å². The first kappa shape index (κ1) is 13.0. The quantitative estimate of drug-likeness (QED) is 0.673. The lowest BCUT2D eigenvalue weighted by molar-refractivity contribution is 0.230. The van der Waals surface area contributed by atoms with Gasteiger partial charge in [0, 0.05) is 6.54 Å². The summed E-state index contributed by atoms with van der Waals surface area (Å²) in [6.45, 7) is -0.953. The third-order valence-electron chi connectivity index (χ3n) is 4.37. The van der Waals surface area contributed by atoms with Crippen molar-refractivity contribution < 1.29 is 12.9 Å². The van der Waals surface area contributed by atoms with Crippen LogP contribution < -0.4 is 0 Å². The molecule has 2 saturated carbocycles. The van der Waals surface area contributed by atoms with Crippen molar-refractivity contribution in [3.63, 3.8) is 0 Å². The standard InChI is InChI=1S/C12H20BF3N/c1-9(13(14,15)16)7-17(2)8-12-6-10-3-4-11(12)5-10/h10-12H,1,3-8H2,2H3/q-1. The van der Waals surface area contributed by atoms with Gasteiger partial charge in [-0.1, -0.05) is 6.42 Å². The van der Waals surface area contributed by atoms with Crippen LogP contribution in [-0.2, 0) is 0 Å². The predicted octanol–water partition coefficient (Wildman–Crippen LogP) is 3.30. The number of likely N-dealkylation sites (N-methyl/N-ethyl adjacent to an activating group) is 1. The lowest BCUT2D eigenvalue weighted by Crippen LogP contribution is -2.34. The summed E-state index contributed by atoms with van der Waals surface area (Å²) < 4.78 is 37.2. The second-order valence-corrected chi connectivity index (χ2v) is 5.86. The Morgan fingerprint density at radius 3 is 2.47 bits per heavy atom. The molecular weight excluding hydrogens is 226 g/mol. The van der Waals surface area contributed by atoms with Gasteiger partial charge in [0.1, 0.15) is 0 Å². The van der Waals surface area contributed by atoms with Gasteiger partial charge in [-0.05, 0) is 50.6 Å². The van der Waals surface area contributed by atoms with Gasteiger partial charge in [0.05, 0.1) is 0 Å². The molecule has 98 valence electrons. The number of hydrogen-bond acceptors (Lipinski definition) is 1. The second kappa shape index (κ2) is 4.67. The first-order valence-corrected chi connectivity index (χ1v) is 6.42. The maximum Gasteiger partial charge on any atom is 0.506 e. The molecule has 3 atom stereocenters. The fourth-order valence-corrected chi connectivity index (χ4v) is 3.52. The SMILES string of the molecule is C=C(CN(C)CC1CC2CCC1C2)[B-](F)(F)F. The third-order valence-corrected chi connectivity index (χ3v) is 4.37. The highest BCUT2D eigenvalue weighted by Crippen LogP contribution is 2.48. The molecule has 0 saturated heterocycles. The van der Waals surface area contributed by atoms with E-state index in [0.29, 0.717) is 5.92 Å². The van der Waals surface area contributed by atoms with Gasteiger partial charge in [-0.3, -0.25) is 0 Å². The molecule has 0 heterocycles. The van der Waals surface area contributed by atoms with Gasteiger partial charge >= 0.3 is 6.98 Å². The molecule has 2 rings (SSSR count). The van der Waals surface area contributed by atoms with Crippen molar-refractivity contribution in [1.82, 2.24) is 4.90 Å². The second-order valence-electron chi connectivity index (χ2n) is 5.86. The van der Waals surface area contributed by atoms with E-state index in [1.807, 2.05) is 0 Å². The highest BCUT2D eigenvalue weighted by atomic mass is 19.4. The van der Waals surface area contributed by atoms with E-state index in [9.17, 15) is 12.9 Å². The lowest BCUT2D eigenvalue weighted by atomic mass is 9.80. The molecule has 2 bridgehead atoms. The van der Waals surface area contributed by atoms with Crippen LogP contribution in [0.3, 0.4) is 0 Å². The largest absolute Gasteiger partial charge is 0.506 e. The van der Waals surface area contributed by atoms with Gasteiger partial charge in [-0.15, -0.1) is 12.1 Å². The van der Waals surface area contributed by atoms with E-state index in [-0.39, 0.29) is 6.54 Å². The molecule has 0 aromatic heterocycles. The van der Waals surface area contributed by atoms with Crippen molar-refractivity contribution in [2.75, 3.05) is 20.1 Å². The Hall–Kier alpha value is -0.445. The van der Waals surface area contributed by atoms with Gasteiger partial charge in [-0.2, -0.15) is 0 Å². The van der Waals surface area contributed by atoms with E-state index < -0.39 is 12.4 Å². The Bertz CT molecular complexity index is 303. The molecule has 1 nitrogen and oxygen atoms in total. The summed E-state index contributed by atoms with van der Waals surface area (Å²) in [4.78, 5) is 1.79. The number of rotatable bonds is 5. The van der Waals surface area contributed by atoms with Crippen LogP contribution in [0, 0.1) is 17.8 Å². The summed E-state index contributed by atoms with van der Waals surface area (Å²) in [7, 11) is 1.78. The first-order valence-electron chi connectivity index (χ1n) is 6.42. The number of fused-ring (bicyclic) bond motifs is 2. The normalized spacial score (nSPS) is 32.4. The van der Waals surface area contributed by atoms with Crippen LogP contribution in [0.4, 0.5) is 12.9 Å². The Labute approximate surface area is 101 Å². The molecule has 0 radical (unpaired) electrons. The number of nitrogens with zero attached hydrogens (tertiary/aromatic N) is 1. The minimum Gasteiger partial charge on any atom is -0.445 e. The lowest BCUT2D eigenvalue weighted by Gasteiger charge is -2.29. The summed E-state index contributed by atoms with van der Waals surface area (Å²) in [5, 5.41) is 0. The third kappa shape index (κ3) is 3.06. The zero-order valence-corrected chi connectivity index (χ0v) is 10.3. The smallest absolute Gasteiger partial charge is 0.445 e. The van der Waals surface area contributed by atoms with Crippen LogP contribution in [0.1, 0.15) is 25.7 Å². The van der Waals surface area contributed by atoms with E-state index >= 15 is 0 Å². The highest BCUT2D eigenvalue weighted by molar-refractivity contribution is 6.66. The van der Waals surface area contributed by atoms with Gasteiger partial charge in [-0.25, -0.2) is 0 Å². The topological polar surface area (TPSA) is 3.24 Å². The molecule has 0 amide bonds. The van der Waals surface area contributed by atoms with Crippen molar-refractivity contribution in [2.45, 2.75) is 25.7 Å². The Morgan fingerprint density at radius 1 is 1.29 bits per heavy atom. The fourth-order valence-electron chi connectivity index (χ4n) is 3.52. The molecule has 5 heteroatoms. The predicted molar refractivity (Wildman–Crippen MR) is 64.7 cm³/mol. The van der Waals surface area contributed by atoms with Crippen LogP contribution >= 0.6 is 0 Å². The van der Waals surface area contributed by atoms with Gasteiger partial charge in [0.15, 0.2) is 0 Å². The minimum absolute atomic E-state index is 0.0304. The molecule has 0 aliphatic heterocycles. The summed E-state index contributed by atoms with van der Waals surface area (Å²) in [5.74, 6) is 2.24. The highest BCUT2D eigenvalue weighted by Gasteiger charge is 2.39. The van der Waals surface area contributed by atoms with Crippen LogP contribution in [0.25, 0.3) is 0 Å². The number of halogens is 3. The molecule has 0 N–H and O–H groups in total. The molecular formula is C12H20BF3N-. The molecule has 0 spiro atoms. The Balaban J connectivity index is 1.78. The van der Waals surface area contributed by atoms with E-state index in [4.69, 9.17) is 0 Å². The van der Waals surface area contributed by atoms with Crippen molar-refractivity contribution in [1.29, 1.82) is 0 Å². The summed E-state index contributed by atoms with van der Waals surface area (Å²) in [6.07, 6.45) is 5.15. The van der Waals surface area contributed by atoms with Crippen LogP contribution in [0.5, 0.6) is 0 Å². The Kier molecular flexibility index (Phi) is 3.57. The van der Waals surface area contributed by atoms with Crippen LogP contribution in [-0.4, -0.2) is 32.0 Å². The van der Waals surface area contributed by atoms with Crippen molar-refractivity contribution >= 4 is 6.98 Å². The maximum absolute atomic E-state index is 12.4. The van der Waals surface area contributed by atoms with Gasteiger partial charge in [0.2, 0.25) is 0 Å². The van der Waals surface area contributed by atoms with Crippen LogP contribution in [0.15, 0.2) is 12.1 Å². The van der Waals surface area contributed by atoms with E-state index in [2.05, 4.69) is 6.58 Å². The van der Waals surface area contributed by atoms with Crippen molar-refractivity contribution in [3.05, 3.63) is 12.1 Å². The molecule has 0 aromatic carbocycles. The van der Waals surface area contributed by atoms with Crippen molar-refractivity contribution in [2.24, 2.45) is 17.8 Å². The van der Waals surface area contributed by atoms with Crippen molar-refractivity contribution in [3.8, 4) is 0 Å².